The largest absolute Gasteiger partial charge is 0.363 e. The Kier molecular flexibility index (Phi) is 5.05. The maximum atomic E-state index is 10.7. The van der Waals surface area contributed by atoms with Gasteiger partial charge in [-0.3, -0.25) is 10.1 Å². The van der Waals surface area contributed by atoms with Gasteiger partial charge in [-0.15, -0.1) is 0 Å². The average Bonchev–Trinajstić information content (AvgIpc) is 2.28. The zero-order valence-corrected chi connectivity index (χ0v) is 10.4. The Labute approximate surface area is 104 Å². The Morgan fingerprint density at radius 3 is 2.94 bits per heavy atom. The van der Waals surface area contributed by atoms with Crippen molar-refractivity contribution in [3.05, 3.63) is 21.6 Å². The SMILES string of the molecule is CCN(C)CCNc1nc(Cl)ncc1[N+](=O)[O-]. The van der Waals surface area contributed by atoms with Crippen LogP contribution in [0.1, 0.15) is 6.92 Å². The maximum absolute atomic E-state index is 10.7. The van der Waals surface area contributed by atoms with Crippen molar-refractivity contribution in [2.45, 2.75) is 6.92 Å². The summed E-state index contributed by atoms with van der Waals surface area (Å²) in [5.74, 6) is 0.152. The third kappa shape index (κ3) is 4.12. The number of halogens is 1. The van der Waals surface area contributed by atoms with Gasteiger partial charge in [0.2, 0.25) is 11.1 Å². The second-order valence-corrected chi connectivity index (χ2v) is 3.79. The first-order valence-corrected chi connectivity index (χ1v) is 5.51. The van der Waals surface area contributed by atoms with Crippen molar-refractivity contribution < 1.29 is 4.92 Å². The number of rotatable bonds is 6. The smallest absolute Gasteiger partial charge is 0.329 e. The lowest BCUT2D eigenvalue weighted by molar-refractivity contribution is -0.384. The van der Waals surface area contributed by atoms with Crippen molar-refractivity contribution in [2.75, 3.05) is 32.0 Å². The first-order valence-electron chi connectivity index (χ1n) is 5.14. The molecule has 17 heavy (non-hydrogen) atoms. The monoisotopic (exact) mass is 259 g/mol. The molecular formula is C9H14ClN5O2. The molecule has 0 fully saturated rings. The maximum Gasteiger partial charge on any atom is 0.329 e. The summed E-state index contributed by atoms with van der Waals surface area (Å²) in [6.07, 6.45) is 1.10. The number of hydrogen-bond donors (Lipinski definition) is 1. The molecule has 0 bridgehead atoms. The number of nitrogens with one attached hydrogen (secondary N) is 1. The van der Waals surface area contributed by atoms with Gasteiger partial charge in [0, 0.05) is 13.1 Å². The highest BCUT2D eigenvalue weighted by Crippen LogP contribution is 2.21. The van der Waals surface area contributed by atoms with E-state index in [1.807, 2.05) is 14.0 Å². The first-order chi connectivity index (χ1) is 8.04. The number of anilines is 1. The van der Waals surface area contributed by atoms with Gasteiger partial charge in [0.15, 0.2) is 0 Å². The molecule has 1 N–H and O–H groups in total. The van der Waals surface area contributed by atoms with E-state index in [0.29, 0.717) is 6.54 Å². The minimum atomic E-state index is -0.539. The molecule has 1 heterocycles. The third-order valence-corrected chi connectivity index (χ3v) is 2.44. The van der Waals surface area contributed by atoms with Gasteiger partial charge in [0.05, 0.1) is 4.92 Å². The molecule has 8 heteroatoms. The minimum Gasteiger partial charge on any atom is -0.363 e. The fourth-order valence-corrected chi connectivity index (χ4v) is 1.27. The molecule has 0 spiro atoms. The van der Waals surface area contributed by atoms with Gasteiger partial charge >= 0.3 is 5.69 Å². The van der Waals surface area contributed by atoms with E-state index in [-0.39, 0.29) is 16.8 Å². The molecule has 0 aliphatic carbocycles. The van der Waals surface area contributed by atoms with E-state index in [9.17, 15) is 10.1 Å². The summed E-state index contributed by atoms with van der Waals surface area (Å²) in [4.78, 5) is 19.6. The Morgan fingerprint density at radius 1 is 1.65 bits per heavy atom. The normalized spacial score (nSPS) is 10.6. The molecule has 0 radical (unpaired) electrons. The van der Waals surface area contributed by atoms with E-state index < -0.39 is 4.92 Å². The Bertz CT molecular complexity index is 401. The lowest BCUT2D eigenvalue weighted by Crippen LogP contribution is -2.25. The Hall–Kier alpha value is -1.47. The molecule has 0 unspecified atom stereocenters. The van der Waals surface area contributed by atoms with Crippen LogP contribution < -0.4 is 5.32 Å². The summed E-state index contributed by atoms with van der Waals surface area (Å²) in [6, 6.07) is 0. The van der Waals surface area contributed by atoms with Crippen LogP contribution in [0.25, 0.3) is 0 Å². The van der Waals surface area contributed by atoms with Crippen LogP contribution in [0.15, 0.2) is 6.20 Å². The van der Waals surface area contributed by atoms with E-state index in [4.69, 9.17) is 11.6 Å². The molecule has 0 atom stereocenters. The molecule has 94 valence electrons. The van der Waals surface area contributed by atoms with Gasteiger partial charge in [-0.1, -0.05) is 6.92 Å². The number of aromatic nitrogens is 2. The van der Waals surface area contributed by atoms with Gasteiger partial charge in [-0.25, -0.2) is 4.98 Å². The average molecular weight is 260 g/mol. The second kappa shape index (κ2) is 6.31. The van der Waals surface area contributed by atoms with Crippen molar-refractivity contribution in [3.63, 3.8) is 0 Å². The molecule has 1 aromatic rings. The highest BCUT2D eigenvalue weighted by Gasteiger charge is 2.16. The Morgan fingerprint density at radius 2 is 2.35 bits per heavy atom. The molecule has 1 aromatic heterocycles. The van der Waals surface area contributed by atoms with Crippen LogP contribution in [0.5, 0.6) is 0 Å². The molecule has 0 saturated carbocycles. The lowest BCUT2D eigenvalue weighted by atomic mass is 10.4. The Balaban J connectivity index is 2.68. The molecule has 0 saturated heterocycles. The quantitative estimate of drug-likeness (QED) is 0.472. The molecule has 0 aliphatic rings. The van der Waals surface area contributed by atoms with Crippen LogP contribution in [-0.2, 0) is 0 Å². The summed E-state index contributed by atoms with van der Waals surface area (Å²) in [5.41, 5.74) is -0.173. The van der Waals surface area contributed by atoms with Crippen LogP contribution >= 0.6 is 11.6 Å². The van der Waals surface area contributed by atoms with Gasteiger partial charge in [0.1, 0.15) is 6.20 Å². The number of nitro groups is 1. The highest BCUT2D eigenvalue weighted by molar-refractivity contribution is 6.28. The molecule has 7 nitrogen and oxygen atoms in total. The van der Waals surface area contributed by atoms with E-state index in [1.54, 1.807) is 0 Å². The van der Waals surface area contributed by atoms with Crippen LogP contribution in [0.3, 0.4) is 0 Å². The summed E-state index contributed by atoms with van der Waals surface area (Å²) in [6.45, 7) is 4.26. The number of likely N-dealkylation sites (N-methyl/N-ethyl adjacent to an activating group) is 1. The molecule has 1 rings (SSSR count). The van der Waals surface area contributed by atoms with Gasteiger partial charge in [0.25, 0.3) is 0 Å². The van der Waals surface area contributed by atoms with Gasteiger partial charge in [-0.05, 0) is 25.2 Å². The van der Waals surface area contributed by atoms with Gasteiger partial charge in [-0.2, -0.15) is 4.98 Å². The summed E-state index contributed by atoms with van der Waals surface area (Å²) in [7, 11) is 1.96. The van der Waals surface area contributed by atoms with Crippen molar-refractivity contribution in [3.8, 4) is 0 Å². The molecule has 0 aliphatic heterocycles. The third-order valence-electron chi connectivity index (χ3n) is 2.26. The van der Waals surface area contributed by atoms with Crippen molar-refractivity contribution >= 4 is 23.1 Å². The predicted molar refractivity (Wildman–Crippen MR) is 65.4 cm³/mol. The van der Waals surface area contributed by atoms with Gasteiger partial charge < -0.3 is 10.2 Å². The number of nitrogens with zero attached hydrogens (tertiary/aromatic N) is 4. The lowest BCUT2D eigenvalue weighted by Gasteiger charge is -2.14. The molecule has 0 amide bonds. The standard InChI is InChI=1S/C9H14ClN5O2/c1-3-14(2)5-4-11-8-7(15(16)17)6-12-9(10)13-8/h6H,3-5H2,1-2H3,(H,11,12,13). The molecular weight excluding hydrogens is 246 g/mol. The summed E-state index contributed by atoms with van der Waals surface area (Å²) in [5, 5.41) is 13.6. The number of hydrogen-bond acceptors (Lipinski definition) is 6. The summed E-state index contributed by atoms with van der Waals surface area (Å²) < 4.78 is 0. The van der Waals surface area contributed by atoms with E-state index in [0.717, 1.165) is 19.3 Å². The zero-order valence-electron chi connectivity index (χ0n) is 9.68. The molecule has 0 aromatic carbocycles. The van der Waals surface area contributed by atoms with E-state index in [2.05, 4.69) is 20.2 Å². The fraction of sp³-hybridized carbons (Fsp3) is 0.556. The predicted octanol–water partition coefficient (Wildman–Crippen LogP) is 1.40. The zero-order chi connectivity index (χ0) is 12.8. The highest BCUT2D eigenvalue weighted by atomic mass is 35.5. The van der Waals surface area contributed by atoms with Crippen LogP contribution in [0.4, 0.5) is 11.5 Å². The van der Waals surface area contributed by atoms with E-state index >= 15 is 0 Å². The van der Waals surface area contributed by atoms with E-state index in [1.165, 1.54) is 0 Å². The second-order valence-electron chi connectivity index (χ2n) is 3.45. The van der Waals surface area contributed by atoms with Crippen molar-refractivity contribution in [2.24, 2.45) is 0 Å². The van der Waals surface area contributed by atoms with Crippen LogP contribution in [0, 0.1) is 10.1 Å². The van der Waals surface area contributed by atoms with Crippen LogP contribution in [0.2, 0.25) is 5.28 Å². The van der Waals surface area contributed by atoms with Crippen molar-refractivity contribution in [1.29, 1.82) is 0 Å². The van der Waals surface area contributed by atoms with Crippen LogP contribution in [-0.4, -0.2) is 46.5 Å². The summed E-state index contributed by atoms with van der Waals surface area (Å²) >= 11 is 5.60. The first kappa shape index (κ1) is 13.6. The fourth-order valence-electron chi connectivity index (χ4n) is 1.14. The van der Waals surface area contributed by atoms with Crippen molar-refractivity contribution in [1.82, 2.24) is 14.9 Å². The minimum absolute atomic E-state index is 0.0121. The topological polar surface area (TPSA) is 84.2 Å².